The molecule has 9 nitrogen and oxygen atoms in total. The highest BCUT2D eigenvalue weighted by molar-refractivity contribution is 7.89. The van der Waals surface area contributed by atoms with Gasteiger partial charge in [0.15, 0.2) is 0 Å². The van der Waals surface area contributed by atoms with Crippen LogP contribution in [-0.4, -0.2) is 49.4 Å². The number of aryl methyl sites for hydroxylation is 1. The van der Waals surface area contributed by atoms with Gasteiger partial charge in [-0.05, 0) is 43.5 Å². The number of hydrogen-bond acceptors (Lipinski definition) is 6. The van der Waals surface area contributed by atoms with Gasteiger partial charge in [-0.15, -0.1) is 0 Å². The number of carbonyl (C=O) groups is 2. The third-order valence-corrected chi connectivity index (χ3v) is 7.16. The summed E-state index contributed by atoms with van der Waals surface area (Å²) in [4.78, 5) is 36.3. The molecule has 0 bridgehead atoms. The Kier molecular flexibility index (Phi) is 6.91. The maximum atomic E-state index is 13.0. The number of nitrogens with one attached hydrogen (secondary N) is 1. The number of amides is 1. The Morgan fingerprint density at radius 3 is 2.48 bits per heavy atom. The number of pyridine rings is 1. The first kappa shape index (κ1) is 22.7. The highest BCUT2D eigenvalue weighted by Gasteiger charge is 2.27. The standard InChI is InChI=1S/C21H25N3O6S/c1-15-6-8-17(12-18(15)31(28,29)24-10-4-3-5-11-24)22-19(25)14-23-13-16(21(27)30-2)7-9-20(23)26/h6-9,12-13H,3-5,10-11,14H2,1-2H3,(H,22,25). The summed E-state index contributed by atoms with van der Waals surface area (Å²) in [7, 11) is -2.44. The molecule has 0 unspecified atom stereocenters. The predicted octanol–water partition coefficient (Wildman–Crippen LogP) is 1.76. The van der Waals surface area contributed by atoms with E-state index in [-0.39, 0.29) is 17.0 Å². The Bertz CT molecular complexity index is 1150. The van der Waals surface area contributed by atoms with Crippen LogP contribution in [0.4, 0.5) is 5.69 Å². The van der Waals surface area contributed by atoms with E-state index >= 15 is 0 Å². The van der Waals surface area contributed by atoms with Gasteiger partial charge in [0.25, 0.3) is 5.56 Å². The van der Waals surface area contributed by atoms with E-state index in [1.54, 1.807) is 19.1 Å². The van der Waals surface area contributed by atoms with E-state index in [0.717, 1.165) is 23.8 Å². The molecule has 10 heteroatoms. The zero-order valence-electron chi connectivity index (χ0n) is 17.5. The molecule has 0 aliphatic carbocycles. The van der Waals surface area contributed by atoms with Gasteiger partial charge < -0.3 is 14.6 Å². The van der Waals surface area contributed by atoms with E-state index in [4.69, 9.17) is 0 Å². The highest BCUT2D eigenvalue weighted by atomic mass is 32.2. The lowest BCUT2D eigenvalue weighted by atomic mass is 10.2. The maximum Gasteiger partial charge on any atom is 0.339 e. The number of esters is 1. The third kappa shape index (κ3) is 5.20. The van der Waals surface area contributed by atoms with Gasteiger partial charge in [-0.3, -0.25) is 9.59 Å². The van der Waals surface area contributed by atoms with E-state index in [2.05, 4.69) is 10.1 Å². The average Bonchev–Trinajstić information content (AvgIpc) is 2.76. The summed E-state index contributed by atoms with van der Waals surface area (Å²) in [5, 5.41) is 2.63. The molecule has 0 saturated carbocycles. The van der Waals surface area contributed by atoms with Crippen LogP contribution in [0.25, 0.3) is 0 Å². The van der Waals surface area contributed by atoms with Crippen LogP contribution >= 0.6 is 0 Å². The molecule has 1 aromatic heterocycles. The van der Waals surface area contributed by atoms with Crippen molar-refractivity contribution in [1.29, 1.82) is 0 Å². The van der Waals surface area contributed by atoms with Crippen molar-refractivity contribution in [2.75, 3.05) is 25.5 Å². The van der Waals surface area contributed by atoms with E-state index in [9.17, 15) is 22.8 Å². The van der Waals surface area contributed by atoms with E-state index in [1.165, 1.54) is 35.8 Å². The van der Waals surface area contributed by atoms with Crippen molar-refractivity contribution >= 4 is 27.6 Å². The molecule has 2 heterocycles. The number of anilines is 1. The molecule has 31 heavy (non-hydrogen) atoms. The largest absolute Gasteiger partial charge is 0.465 e. The molecule has 1 amide bonds. The maximum absolute atomic E-state index is 13.0. The topological polar surface area (TPSA) is 115 Å². The molecule has 1 saturated heterocycles. The molecule has 0 radical (unpaired) electrons. The summed E-state index contributed by atoms with van der Waals surface area (Å²) < 4.78 is 33.3. The van der Waals surface area contributed by atoms with Crippen LogP contribution in [0.2, 0.25) is 0 Å². The summed E-state index contributed by atoms with van der Waals surface area (Å²) in [6, 6.07) is 7.17. The van der Waals surface area contributed by atoms with Crippen molar-refractivity contribution in [3.05, 3.63) is 58.0 Å². The Morgan fingerprint density at radius 2 is 1.81 bits per heavy atom. The van der Waals surface area contributed by atoms with Gasteiger partial charge >= 0.3 is 5.97 Å². The Labute approximate surface area is 180 Å². The lowest BCUT2D eigenvalue weighted by molar-refractivity contribution is -0.116. The minimum atomic E-state index is -3.66. The smallest absolute Gasteiger partial charge is 0.339 e. The number of aromatic nitrogens is 1. The van der Waals surface area contributed by atoms with Crippen molar-refractivity contribution < 1.29 is 22.7 Å². The summed E-state index contributed by atoms with van der Waals surface area (Å²) in [5.74, 6) is -1.16. The molecule has 1 aliphatic rings. The fraction of sp³-hybridized carbons (Fsp3) is 0.381. The molecule has 1 fully saturated rings. The molecule has 3 rings (SSSR count). The molecule has 1 aliphatic heterocycles. The zero-order chi connectivity index (χ0) is 22.6. The van der Waals surface area contributed by atoms with E-state index < -0.39 is 27.5 Å². The van der Waals surface area contributed by atoms with Crippen LogP contribution in [0.3, 0.4) is 0 Å². The van der Waals surface area contributed by atoms with E-state index in [1.807, 2.05) is 0 Å². The predicted molar refractivity (Wildman–Crippen MR) is 114 cm³/mol. The fourth-order valence-corrected chi connectivity index (χ4v) is 5.22. The molecular weight excluding hydrogens is 422 g/mol. The number of ether oxygens (including phenoxy) is 1. The van der Waals surface area contributed by atoms with Gasteiger partial charge in [-0.2, -0.15) is 4.31 Å². The van der Waals surface area contributed by atoms with Gasteiger partial charge in [0.2, 0.25) is 15.9 Å². The van der Waals surface area contributed by atoms with Crippen LogP contribution in [-0.2, 0) is 26.1 Å². The second kappa shape index (κ2) is 9.44. The SMILES string of the molecule is COC(=O)c1ccc(=O)n(CC(=O)Nc2ccc(C)c(S(=O)(=O)N3CCCCC3)c2)c1. The lowest BCUT2D eigenvalue weighted by Crippen LogP contribution is -2.36. The number of carbonyl (C=O) groups excluding carboxylic acids is 2. The van der Waals surface area contributed by atoms with Crippen LogP contribution < -0.4 is 10.9 Å². The zero-order valence-corrected chi connectivity index (χ0v) is 18.3. The summed E-state index contributed by atoms with van der Waals surface area (Å²) in [5.41, 5.74) is 0.578. The van der Waals surface area contributed by atoms with Gasteiger partial charge in [0.1, 0.15) is 6.54 Å². The summed E-state index contributed by atoms with van der Waals surface area (Å²) in [6.45, 7) is 2.33. The first-order chi connectivity index (χ1) is 14.7. The number of rotatable bonds is 6. The highest BCUT2D eigenvalue weighted by Crippen LogP contribution is 2.26. The normalized spacial score (nSPS) is 14.8. The van der Waals surface area contributed by atoms with Crippen molar-refractivity contribution in [2.24, 2.45) is 0 Å². The van der Waals surface area contributed by atoms with Crippen LogP contribution in [0.15, 0.2) is 46.2 Å². The number of nitrogens with zero attached hydrogens (tertiary/aromatic N) is 2. The summed E-state index contributed by atoms with van der Waals surface area (Å²) >= 11 is 0. The average molecular weight is 448 g/mol. The molecule has 166 valence electrons. The molecule has 1 N–H and O–H groups in total. The minimum absolute atomic E-state index is 0.139. The van der Waals surface area contributed by atoms with Gasteiger partial charge in [-0.25, -0.2) is 13.2 Å². The first-order valence-corrected chi connectivity index (χ1v) is 11.4. The number of benzene rings is 1. The number of hydrogen-bond donors (Lipinski definition) is 1. The molecular formula is C21H25N3O6S. The van der Waals surface area contributed by atoms with Gasteiger partial charge in [0, 0.05) is 31.0 Å². The van der Waals surface area contributed by atoms with Crippen molar-refractivity contribution in [1.82, 2.24) is 8.87 Å². The van der Waals surface area contributed by atoms with Crippen molar-refractivity contribution in [3.63, 3.8) is 0 Å². The monoisotopic (exact) mass is 447 g/mol. The lowest BCUT2D eigenvalue weighted by Gasteiger charge is -2.26. The minimum Gasteiger partial charge on any atom is -0.465 e. The number of methoxy groups -OCH3 is 1. The quantitative estimate of drug-likeness (QED) is 0.675. The fourth-order valence-electron chi connectivity index (χ4n) is 3.45. The van der Waals surface area contributed by atoms with Crippen LogP contribution in [0.5, 0.6) is 0 Å². The van der Waals surface area contributed by atoms with Crippen LogP contribution in [0, 0.1) is 6.92 Å². The number of sulfonamides is 1. The van der Waals surface area contributed by atoms with E-state index in [0.29, 0.717) is 24.3 Å². The first-order valence-electron chi connectivity index (χ1n) is 9.92. The second-order valence-corrected chi connectivity index (χ2v) is 9.28. The Balaban J connectivity index is 1.79. The molecule has 1 aromatic carbocycles. The molecule has 2 aromatic rings. The summed E-state index contributed by atoms with van der Waals surface area (Å²) in [6.07, 6.45) is 3.91. The van der Waals surface area contributed by atoms with Crippen LogP contribution in [0.1, 0.15) is 35.2 Å². The number of piperidine rings is 1. The van der Waals surface area contributed by atoms with Gasteiger partial charge in [-0.1, -0.05) is 12.5 Å². The molecule has 0 atom stereocenters. The van der Waals surface area contributed by atoms with Crippen molar-refractivity contribution in [2.45, 2.75) is 37.6 Å². The Hall–Kier alpha value is -2.98. The van der Waals surface area contributed by atoms with Gasteiger partial charge in [0.05, 0.1) is 17.6 Å². The van der Waals surface area contributed by atoms with Crippen molar-refractivity contribution in [3.8, 4) is 0 Å². The third-order valence-electron chi connectivity index (χ3n) is 5.12. The Morgan fingerprint density at radius 1 is 1.10 bits per heavy atom. The second-order valence-electron chi connectivity index (χ2n) is 7.37. The molecule has 0 spiro atoms.